The van der Waals surface area contributed by atoms with Crippen LogP contribution in [0.3, 0.4) is 0 Å². The number of ether oxygens (including phenoxy) is 3. The van der Waals surface area contributed by atoms with E-state index in [0.29, 0.717) is 19.3 Å². The molecule has 0 amide bonds. The molecule has 0 bridgehead atoms. The smallest absolute Gasteiger partial charge is 0.306 e. The first-order valence-electron chi connectivity index (χ1n) is 22.8. The van der Waals surface area contributed by atoms with Gasteiger partial charge in [0.25, 0.3) is 0 Å². The van der Waals surface area contributed by atoms with E-state index in [2.05, 4.69) is 45.1 Å². The molecule has 0 rings (SSSR count). The number of carbonyl (C=O) groups excluding carboxylic acids is 3. The Balaban J connectivity index is 4.19. The molecule has 0 aromatic rings. The van der Waals surface area contributed by atoms with Crippen LogP contribution in [-0.4, -0.2) is 37.2 Å². The van der Waals surface area contributed by atoms with Gasteiger partial charge < -0.3 is 14.2 Å². The van der Waals surface area contributed by atoms with Gasteiger partial charge in [-0.3, -0.25) is 14.4 Å². The van der Waals surface area contributed by atoms with Crippen molar-refractivity contribution in [2.75, 3.05) is 13.2 Å². The molecule has 0 spiro atoms. The Bertz CT molecular complexity index is 865. The molecule has 0 aliphatic carbocycles. The average Bonchev–Trinajstić information content (AvgIpc) is 3.15. The van der Waals surface area contributed by atoms with Crippen LogP contribution in [0.1, 0.15) is 239 Å². The van der Waals surface area contributed by atoms with Gasteiger partial charge in [0.2, 0.25) is 0 Å². The Morgan fingerprint density at radius 2 is 0.679 bits per heavy atom. The molecule has 0 aliphatic rings. The van der Waals surface area contributed by atoms with Crippen molar-refractivity contribution >= 4 is 17.9 Å². The van der Waals surface area contributed by atoms with Gasteiger partial charge in [0.05, 0.1) is 0 Å². The minimum absolute atomic E-state index is 0.0696. The van der Waals surface area contributed by atoms with Gasteiger partial charge in [0.1, 0.15) is 13.2 Å². The predicted octanol–water partition coefficient (Wildman–Crippen LogP) is 14.4. The maximum atomic E-state index is 12.6. The van der Waals surface area contributed by atoms with Gasteiger partial charge in [-0.05, 0) is 51.4 Å². The summed E-state index contributed by atoms with van der Waals surface area (Å²) in [6.07, 6.45) is 46.0. The van der Waals surface area contributed by atoms with Gasteiger partial charge in [-0.1, -0.05) is 193 Å². The number of rotatable bonds is 41. The van der Waals surface area contributed by atoms with Crippen molar-refractivity contribution in [1.29, 1.82) is 0 Å². The summed E-state index contributed by atoms with van der Waals surface area (Å²) in [5, 5.41) is 0. The molecule has 0 aromatic heterocycles. The first-order chi connectivity index (χ1) is 26.0. The summed E-state index contributed by atoms with van der Waals surface area (Å²) in [6, 6.07) is 0. The van der Waals surface area contributed by atoms with Crippen LogP contribution >= 0.6 is 0 Å². The van der Waals surface area contributed by atoms with E-state index in [-0.39, 0.29) is 31.1 Å². The number of hydrogen-bond donors (Lipinski definition) is 0. The van der Waals surface area contributed by atoms with Crippen molar-refractivity contribution in [3.8, 4) is 0 Å². The van der Waals surface area contributed by atoms with Gasteiger partial charge in [0.15, 0.2) is 6.10 Å². The van der Waals surface area contributed by atoms with E-state index in [4.69, 9.17) is 14.2 Å². The summed E-state index contributed by atoms with van der Waals surface area (Å²) < 4.78 is 16.6. The SMILES string of the molecule is CCCCC/C=C\C/C=C\CCCCCCCCCCCC(=O)OCC(COC(=O)CCCCCCCCCC)OC(=O)CCCCCCCCCC. The van der Waals surface area contributed by atoms with Gasteiger partial charge in [-0.25, -0.2) is 0 Å². The fourth-order valence-electron chi connectivity index (χ4n) is 6.47. The minimum atomic E-state index is -0.763. The van der Waals surface area contributed by atoms with E-state index in [1.54, 1.807) is 0 Å². The Morgan fingerprint density at radius 3 is 1.08 bits per heavy atom. The summed E-state index contributed by atoms with van der Waals surface area (Å²) in [6.45, 7) is 6.55. The van der Waals surface area contributed by atoms with Gasteiger partial charge >= 0.3 is 17.9 Å². The molecule has 0 N–H and O–H groups in total. The average molecular weight is 747 g/mol. The molecule has 1 atom stereocenters. The lowest BCUT2D eigenvalue weighted by atomic mass is 10.1. The molecule has 0 heterocycles. The zero-order valence-corrected chi connectivity index (χ0v) is 35.3. The largest absolute Gasteiger partial charge is 0.462 e. The molecule has 6 nitrogen and oxygen atoms in total. The highest BCUT2D eigenvalue weighted by Crippen LogP contribution is 2.14. The minimum Gasteiger partial charge on any atom is -0.462 e. The second-order valence-corrected chi connectivity index (χ2v) is 15.3. The highest BCUT2D eigenvalue weighted by Gasteiger charge is 2.19. The zero-order chi connectivity index (χ0) is 38.7. The molecule has 0 aromatic carbocycles. The molecule has 0 radical (unpaired) electrons. The Morgan fingerprint density at radius 1 is 0.377 bits per heavy atom. The lowest BCUT2D eigenvalue weighted by Crippen LogP contribution is -2.30. The van der Waals surface area contributed by atoms with Gasteiger partial charge in [0, 0.05) is 19.3 Å². The van der Waals surface area contributed by atoms with Gasteiger partial charge in [-0.2, -0.15) is 0 Å². The molecule has 0 fully saturated rings. The van der Waals surface area contributed by atoms with Crippen LogP contribution in [0.2, 0.25) is 0 Å². The first-order valence-corrected chi connectivity index (χ1v) is 22.8. The molecule has 310 valence electrons. The molecular weight excluding hydrogens is 661 g/mol. The number of carbonyl (C=O) groups is 3. The van der Waals surface area contributed by atoms with E-state index in [1.807, 2.05) is 0 Å². The summed E-state index contributed by atoms with van der Waals surface area (Å²) >= 11 is 0. The normalized spacial score (nSPS) is 12.1. The van der Waals surface area contributed by atoms with Crippen LogP contribution < -0.4 is 0 Å². The monoisotopic (exact) mass is 747 g/mol. The number of unbranched alkanes of at least 4 members (excludes halogenated alkanes) is 26. The summed E-state index contributed by atoms with van der Waals surface area (Å²) in [5.41, 5.74) is 0. The number of allylic oxidation sites excluding steroid dienone is 4. The maximum absolute atomic E-state index is 12.6. The van der Waals surface area contributed by atoms with Crippen LogP contribution in [0.25, 0.3) is 0 Å². The summed E-state index contributed by atoms with van der Waals surface area (Å²) in [4.78, 5) is 37.5. The fraction of sp³-hybridized carbons (Fsp3) is 0.851. The topological polar surface area (TPSA) is 78.9 Å². The molecule has 0 aliphatic heterocycles. The van der Waals surface area contributed by atoms with E-state index < -0.39 is 6.10 Å². The highest BCUT2D eigenvalue weighted by atomic mass is 16.6. The Labute approximate surface area is 328 Å². The van der Waals surface area contributed by atoms with Crippen LogP contribution in [0.5, 0.6) is 0 Å². The third-order valence-electron chi connectivity index (χ3n) is 9.96. The highest BCUT2D eigenvalue weighted by molar-refractivity contribution is 5.71. The standard InChI is InChI=1S/C47H86O6/c1-4-7-10-13-16-19-20-21-22-23-24-25-26-27-28-29-32-34-37-40-46(49)52-43-44(53-47(50)41-38-35-31-18-15-12-9-6-3)42-51-45(48)39-36-33-30-17-14-11-8-5-2/h16,19,21-22,44H,4-15,17-18,20,23-43H2,1-3H3/b19-16-,22-21-. The van der Waals surface area contributed by atoms with E-state index in [9.17, 15) is 14.4 Å². The molecule has 53 heavy (non-hydrogen) atoms. The van der Waals surface area contributed by atoms with Crippen LogP contribution in [0.15, 0.2) is 24.3 Å². The van der Waals surface area contributed by atoms with Gasteiger partial charge in [-0.15, -0.1) is 0 Å². The van der Waals surface area contributed by atoms with E-state index >= 15 is 0 Å². The third kappa shape index (κ3) is 40.9. The van der Waals surface area contributed by atoms with Crippen molar-refractivity contribution in [2.24, 2.45) is 0 Å². The second kappa shape index (κ2) is 42.6. The van der Waals surface area contributed by atoms with E-state index in [0.717, 1.165) is 64.2 Å². The van der Waals surface area contributed by atoms with Crippen molar-refractivity contribution in [3.63, 3.8) is 0 Å². The lowest BCUT2D eigenvalue weighted by molar-refractivity contribution is -0.167. The Kier molecular flexibility index (Phi) is 40.9. The fourth-order valence-corrected chi connectivity index (χ4v) is 6.47. The van der Waals surface area contributed by atoms with Crippen molar-refractivity contribution in [2.45, 2.75) is 245 Å². The summed E-state index contributed by atoms with van der Waals surface area (Å²) in [5.74, 6) is -0.878. The third-order valence-corrected chi connectivity index (χ3v) is 9.96. The van der Waals surface area contributed by atoms with Crippen molar-refractivity contribution in [1.82, 2.24) is 0 Å². The van der Waals surface area contributed by atoms with Crippen LogP contribution in [0, 0.1) is 0 Å². The zero-order valence-electron chi connectivity index (χ0n) is 35.3. The predicted molar refractivity (Wildman–Crippen MR) is 224 cm³/mol. The van der Waals surface area contributed by atoms with Crippen molar-refractivity contribution in [3.05, 3.63) is 24.3 Å². The molecule has 0 saturated heterocycles. The summed E-state index contributed by atoms with van der Waals surface area (Å²) in [7, 11) is 0. The Hall–Kier alpha value is -2.11. The van der Waals surface area contributed by atoms with E-state index in [1.165, 1.54) is 135 Å². The number of hydrogen-bond acceptors (Lipinski definition) is 6. The first kappa shape index (κ1) is 50.9. The van der Waals surface area contributed by atoms with Crippen molar-refractivity contribution < 1.29 is 28.6 Å². The number of esters is 3. The van der Waals surface area contributed by atoms with Crippen LogP contribution in [-0.2, 0) is 28.6 Å². The molecule has 0 saturated carbocycles. The maximum Gasteiger partial charge on any atom is 0.306 e. The molecule has 6 heteroatoms. The molecule has 1 unspecified atom stereocenters. The second-order valence-electron chi connectivity index (χ2n) is 15.3. The lowest BCUT2D eigenvalue weighted by Gasteiger charge is -2.18. The molecular formula is C47H86O6. The quantitative estimate of drug-likeness (QED) is 0.0268. The van der Waals surface area contributed by atoms with Crippen LogP contribution in [0.4, 0.5) is 0 Å².